The molecule has 146 valence electrons. The molecule has 3 saturated carbocycles. The molecule has 5 rings (SSSR count). The quantitative estimate of drug-likeness (QED) is 0.782. The number of aromatic nitrogens is 1. The van der Waals surface area contributed by atoms with Gasteiger partial charge in [0.2, 0.25) is 0 Å². The van der Waals surface area contributed by atoms with Gasteiger partial charge < -0.3 is 15.4 Å². The second-order valence-corrected chi connectivity index (χ2v) is 8.24. The van der Waals surface area contributed by atoms with Crippen molar-refractivity contribution in [1.29, 1.82) is 0 Å². The van der Waals surface area contributed by atoms with Crippen molar-refractivity contribution in [1.82, 2.24) is 15.6 Å². The highest BCUT2D eigenvalue weighted by Gasteiger charge is 2.62. The van der Waals surface area contributed by atoms with Gasteiger partial charge in [-0.3, -0.25) is 14.6 Å². The van der Waals surface area contributed by atoms with Crippen LogP contribution < -0.4 is 15.4 Å². The number of carbonyl (C=O) groups excluding carboxylic acids is 2. The number of rotatable bonds is 6. The lowest BCUT2D eigenvalue weighted by atomic mass is 9.71. The Bertz CT molecular complexity index is 910. The van der Waals surface area contributed by atoms with Crippen molar-refractivity contribution in [3.05, 3.63) is 58.9 Å². The van der Waals surface area contributed by atoms with Crippen molar-refractivity contribution >= 4 is 23.4 Å². The molecule has 2 bridgehead atoms. The van der Waals surface area contributed by atoms with E-state index in [1.807, 2.05) is 13.0 Å². The molecule has 3 fully saturated rings. The summed E-state index contributed by atoms with van der Waals surface area (Å²) >= 11 is 6.00. The smallest absolute Gasteiger partial charge is 0.270 e. The van der Waals surface area contributed by atoms with Gasteiger partial charge in [-0.15, -0.1) is 0 Å². The van der Waals surface area contributed by atoms with E-state index in [9.17, 15) is 9.59 Å². The topological polar surface area (TPSA) is 80.3 Å². The Balaban J connectivity index is 1.28. The number of nitrogens with zero attached hydrogens (tertiary/aromatic N) is 1. The molecular formula is C21H22ClN3O3. The molecular weight excluding hydrogens is 378 g/mol. The first-order valence-electron chi connectivity index (χ1n) is 9.32. The van der Waals surface area contributed by atoms with E-state index in [0.29, 0.717) is 16.5 Å². The standard InChI is InChI=1S/C21H22ClN3O3/c1-14-10-15(5-6-16(14)22)28-11-18(26)24-20-7-8-21(12-20,13-20)25-19(27)17-4-2-3-9-23-17/h2-6,9-10H,7-8,11-13H2,1H3,(H,24,26)(H,25,27). The molecule has 0 aliphatic heterocycles. The maximum absolute atomic E-state index is 12.4. The number of nitrogens with one attached hydrogen (secondary N) is 2. The van der Waals surface area contributed by atoms with Crippen LogP contribution in [-0.4, -0.2) is 34.5 Å². The lowest BCUT2D eigenvalue weighted by Crippen LogP contribution is -2.64. The minimum absolute atomic E-state index is 0.0455. The van der Waals surface area contributed by atoms with E-state index in [4.69, 9.17) is 16.3 Å². The number of hydrogen-bond acceptors (Lipinski definition) is 4. The van der Waals surface area contributed by atoms with Crippen LogP contribution in [0.5, 0.6) is 5.75 Å². The number of benzene rings is 1. The van der Waals surface area contributed by atoms with Gasteiger partial charge in [0, 0.05) is 22.3 Å². The van der Waals surface area contributed by atoms with E-state index >= 15 is 0 Å². The summed E-state index contributed by atoms with van der Waals surface area (Å²) in [5.41, 5.74) is 0.836. The van der Waals surface area contributed by atoms with Gasteiger partial charge in [0.1, 0.15) is 11.4 Å². The third kappa shape index (κ3) is 3.69. The van der Waals surface area contributed by atoms with Crippen LogP contribution >= 0.6 is 11.6 Å². The number of carbonyl (C=O) groups is 2. The number of ether oxygens (including phenoxy) is 1. The van der Waals surface area contributed by atoms with Gasteiger partial charge in [0.15, 0.2) is 6.61 Å². The number of hydrogen-bond donors (Lipinski definition) is 2. The SMILES string of the molecule is Cc1cc(OCC(=O)NC23CCC(NC(=O)c4ccccn4)(C2)C3)ccc1Cl. The fraction of sp³-hybridized carbons (Fsp3) is 0.381. The van der Waals surface area contributed by atoms with E-state index < -0.39 is 0 Å². The average Bonchev–Trinajstić information content (AvgIpc) is 3.18. The first-order valence-corrected chi connectivity index (χ1v) is 9.70. The Hall–Kier alpha value is -2.60. The molecule has 0 atom stereocenters. The minimum Gasteiger partial charge on any atom is -0.484 e. The zero-order chi connectivity index (χ0) is 19.8. The lowest BCUT2D eigenvalue weighted by Gasteiger charge is -2.48. The first-order chi connectivity index (χ1) is 13.4. The second kappa shape index (κ2) is 7.09. The van der Waals surface area contributed by atoms with Gasteiger partial charge in [0.25, 0.3) is 11.8 Å². The third-order valence-corrected chi connectivity index (χ3v) is 6.04. The van der Waals surface area contributed by atoms with Crippen LogP contribution in [0.3, 0.4) is 0 Å². The molecule has 0 radical (unpaired) electrons. The Morgan fingerprint density at radius 3 is 2.57 bits per heavy atom. The highest BCUT2D eigenvalue weighted by Crippen LogP contribution is 2.55. The van der Waals surface area contributed by atoms with E-state index in [0.717, 1.165) is 31.2 Å². The Labute approximate surface area is 168 Å². The molecule has 2 amide bonds. The maximum Gasteiger partial charge on any atom is 0.270 e. The predicted octanol–water partition coefficient (Wildman–Crippen LogP) is 3.03. The van der Waals surface area contributed by atoms with Crippen LogP contribution in [-0.2, 0) is 4.79 Å². The molecule has 28 heavy (non-hydrogen) atoms. The fourth-order valence-electron chi connectivity index (χ4n) is 4.37. The molecule has 1 aromatic carbocycles. The normalized spacial score (nSPS) is 24.9. The van der Waals surface area contributed by atoms with Gasteiger partial charge in [0.05, 0.1) is 0 Å². The lowest BCUT2D eigenvalue weighted by molar-refractivity contribution is -0.126. The van der Waals surface area contributed by atoms with Crippen LogP contribution in [0.1, 0.15) is 41.7 Å². The molecule has 3 aliphatic rings. The van der Waals surface area contributed by atoms with Gasteiger partial charge in [-0.1, -0.05) is 17.7 Å². The van der Waals surface area contributed by atoms with Crippen molar-refractivity contribution in [2.45, 2.75) is 43.7 Å². The zero-order valence-electron chi connectivity index (χ0n) is 15.6. The van der Waals surface area contributed by atoms with Crippen molar-refractivity contribution in [3.8, 4) is 5.75 Å². The summed E-state index contributed by atoms with van der Waals surface area (Å²) < 4.78 is 5.58. The van der Waals surface area contributed by atoms with Crippen molar-refractivity contribution in [2.75, 3.05) is 6.61 Å². The van der Waals surface area contributed by atoms with E-state index in [1.54, 1.807) is 36.5 Å². The van der Waals surface area contributed by atoms with Crippen LogP contribution in [0.25, 0.3) is 0 Å². The van der Waals surface area contributed by atoms with Gasteiger partial charge in [-0.05, 0) is 68.5 Å². The summed E-state index contributed by atoms with van der Waals surface area (Å²) in [6, 6.07) is 10.6. The zero-order valence-corrected chi connectivity index (χ0v) is 16.4. The van der Waals surface area contributed by atoms with Crippen LogP contribution in [0.15, 0.2) is 42.6 Å². The molecule has 7 heteroatoms. The van der Waals surface area contributed by atoms with Crippen molar-refractivity contribution in [2.24, 2.45) is 0 Å². The second-order valence-electron chi connectivity index (χ2n) is 7.83. The Kier molecular flexibility index (Phi) is 4.75. The molecule has 0 saturated heterocycles. The highest BCUT2D eigenvalue weighted by atomic mass is 35.5. The molecule has 2 aromatic rings. The number of aryl methyl sites for hydroxylation is 1. The van der Waals surface area contributed by atoms with Gasteiger partial charge >= 0.3 is 0 Å². The third-order valence-electron chi connectivity index (χ3n) is 5.62. The van der Waals surface area contributed by atoms with Crippen molar-refractivity contribution in [3.63, 3.8) is 0 Å². The Morgan fingerprint density at radius 2 is 1.89 bits per heavy atom. The maximum atomic E-state index is 12.4. The summed E-state index contributed by atoms with van der Waals surface area (Å²) in [4.78, 5) is 28.8. The van der Waals surface area contributed by atoms with Crippen LogP contribution in [0, 0.1) is 6.92 Å². The number of amides is 2. The van der Waals surface area contributed by atoms with E-state index in [2.05, 4.69) is 15.6 Å². The number of halogens is 1. The summed E-state index contributed by atoms with van der Waals surface area (Å²) in [6.45, 7) is 1.84. The van der Waals surface area contributed by atoms with E-state index in [-0.39, 0.29) is 29.5 Å². The number of pyridine rings is 1. The fourth-order valence-corrected chi connectivity index (χ4v) is 4.48. The largest absolute Gasteiger partial charge is 0.484 e. The molecule has 0 spiro atoms. The van der Waals surface area contributed by atoms with Gasteiger partial charge in [-0.25, -0.2) is 0 Å². The summed E-state index contributed by atoms with van der Waals surface area (Å²) in [7, 11) is 0. The molecule has 0 unspecified atom stereocenters. The van der Waals surface area contributed by atoms with Gasteiger partial charge in [-0.2, -0.15) is 0 Å². The highest BCUT2D eigenvalue weighted by molar-refractivity contribution is 6.31. The average molecular weight is 400 g/mol. The minimum atomic E-state index is -0.242. The van der Waals surface area contributed by atoms with Crippen LogP contribution in [0.2, 0.25) is 5.02 Å². The summed E-state index contributed by atoms with van der Waals surface area (Å²) in [5.74, 6) is 0.301. The summed E-state index contributed by atoms with van der Waals surface area (Å²) in [6.07, 6.45) is 4.79. The molecule has 1 aromatic heterocycles. The predicted molar refractivity (Wildman–Crippen MR) is 105 cm³/mol. The monoisotopic (exact) mass is 399 g/mol. The molecule has 3 aliphatic carbocycles. The molecule has 2 N–H and O–H groups in total. The van der Waals surface area contributed by atoms with Crippen LogP contribution in [0.4, 0.5) is 0 Å². The first kappa shape index (κ1) is 18.7. The molecule has 6 nitrogen and oxygen atoms in total. The summed E-state index contributed by atoms with van der Waals surface area (Å²) in [5, 5.41) is 6.87. The van der Waals surface area contributed by atoms with E-state index in [1.165, 1.54) is 0 Å². The number of fused-ring (bicyclic) bond motifs is 1. The molecule has 1 heterocycles. The van der Waals surface area contributed by atoms with Crippen molar-refractivity contribution < 1.29 is 14.3 Å². The Morgan fingerprint density at radius 1 is 1.14 bits per heavy atom.